The molecule has 1 heterocycles. The first kappa shape index (κ1) is 15.0. The highest BCUT2D eigenvalue weighted by Gasteiger charge is 2.11. The second-order valence-corrected chi connectivity index (χ2v) is 8.03. The monoisotopic (exact) mass is 371 g/mol. The summed E-state index contributed by atoms with van der Waals surface area (Å²) in [5.74, 6) is 0. The highest BCUT2D eigenvalue weighted by Crippen LogP contribution is 2.24. The van der Waals surface area contributed by atoms with Crippen molar-refractivity contribution in [3.05, 3.63) is 44.6 Å². The van der Waals surface area contributed by atoms with E-state index < -0.39 is 10.0 Å². The summed E-state index contributed by atoms with van der Waals surface area (Å²) in [6.45, 7) is 0.555. The van der Waals surface area contributed by atoms with Gasteiger partial charge in [0.1, 0.15) is 6.07 Å². The van der Waals surface area contributed by atoms with Crippen LogP contribution < -0.4 is 10.5 Å². The van der Waals surface area contributed by atoms with Crippen molar-refractivity contribution in [2.75, 3.05) is 5.32 Å². The highest BCUT2D eigenvalue weighted by molar-refractivity contribution is 9.11. The fourth-order valence-corrected chi connectivity index (χ4v) is 3.54. The van der Waals surface area contributed by atoms with Crippen molar-refractivity contribution in [1.29, 1.82) is 5.26 Å². The van der Waals surface area contributed by atoms with Crippen LogP contribution in [0.5, 0.6) is 0 Å². The summed E-state index contributed by atoms with van der Waals surface area (Å²) < 4.78 is 23.5. The van der Waals surface area contributed by atoms with Gasteiger partial charge in [-0.1, -0.05) is 0 Å². The van der Waals surface area contributed by atoms with Gasteiger partial charge in [-0.2, -0.15) is 5.26 Å². The lowest BCUT2D eigenvalue weighted by Crippen LogP contribution is -2.12. The predicted octanol–water partition coefficient (Wildman–Crippen LogP) is 2.64. The van der Waals surface area contributed by atoms with Crippen LogP contribution in [0.4, 0.5) is 5.69 Å². The number of nitrogens with one attached hydrogen (secondary N) is 1. The van der Waals surface area contributed by atoms with Gasteiger partial charge >= 0.3 is 0 Å². The summed E-state index contributed by atoms with van der Waals surface area (Å²) in [5.41, 5.74) is 0.816. The first-order valence-electron chi connectivity index (χ1n) is 5.45. The first-order valence-corrected chi connectivity index (χ1v) is 8.61. The van der Waals surface area contributed by atoms with Gasteiger partial charge in [-0.25, -0.2) is 13.6 Å². The van der Waals surface area contributed by atoms with Gasteiger partial charge in [-0.15, -0.1) is 11.3 Å². The van der Waals surface area contributed by atoms with Crippen LogP contribution in [-0.2, 0) is 16.6 Å². The van der Waals surface area contributed by atoms with Crippen LogP contribution in [0, 0.1) is 11.3 Å². The van der Waals surface area contributed by atoms with Crippen molar-refractivity contribution >= 4 is 43.0 Å². The van der Waals surface area contributed by atoms with E-state index in [0.717, 1.165) is 8.66 Å². The number of nitrogens with two attached hydrogens (primary N) is 1. The van der Waals surface area contributed by atoms with Gasteiger partial charge in [0.05, 0.1) is 19.9 Å². The smallest absolute Gasteiger partial charge is 0.238 e. The Morgan fingerprint density at radius 1 is 1.35 bits per heavy atom. The lowest BCUT2D eigenvalue weighted by atomic mass is 10.2. The molecule has 0 fully saturated rings. The average molecular weight is 372 g/mol. The minimum Gasteiger partial charge on any atom is -0.379 e. The molecule has 3 N–H and O–H groups in total. The fourth-order valence-electron chi connectivity index (χ4n) is 1.58. The lowest BCUT2D eigenvalue weighted by Gasteiger charge is -2.08. The molecule has 104 valence electrons. The summed E-state index contributed by atoms with van der Waals surface area (Å²) in [6.07, 6.45) is 0. The summed E-state index contributed by atoms with van der Waals surface area (Å²) in [5, 5.41) is 17.2. The number of benzene rings is 1. The lowest BCUT2D eigenvalue weighted by molar-refractivity contribution is 0.598. The molecule has 2 aromatic rings. The van der Waals surface area contributed by atoms with E-state index in [0.29, 0.717) is 12.2 Å². The standard InChI is InChI=1S/C12H10BrN3O2S2/c13-12-4-1-9(19-12)7-16-11-3-2-10(20(15,17)18)5-8(11)6-14/h1-5,16H,7H2,(H2,15,17,18). The normalized spacial score (nSPS) is 11.1. The van der Waals surface area contributed by atoms with Crippen molar-refractivity contribution in [3.8, 4) is 6.07 Å². The number of halogens is 1. The van der Waals surface area contributed by atoms with Crippen LogP contribution in [0.3, 0.4) is 0 Å². The van der Waals surface area contributed by atoms with E-state index >= 15 is 0 Å². The van der Waals surface area contributed by atoms with Crippen molar-refractivity contribution in [2.45, 2.75) is 11.4 Å². The largest absolute Gasteiger partial charge is 0.379 e. The number of sulfonamides is 1. The molecule has 0 aliphatic rings. The van der Waals surface area contributed by atoms with Crippen LogP contribution in [0.25, 0.3) is 0 Å². The quantitative estimate of drug-likeness (QED) is 0.862. The Hall–Kier alpha value is -1.40. The molecule has 2 rings (SSSR count). The molecule has 0 unspecified atom stereocenters. The third-order valence-corrected chi connectivity index (χ3v) is 5.06. The van der Waals surface area contributed by atoms with E-state index in [1.165, 1.54) is 12.1 Å². The molecule has 0 amide bonds. The summed E-state index contributed by atoms with van der Waals surface area (Å²) >= 11 is 4.96. The van der Waals surface area contributed by atoms with Crippen LogP contribution >= 0.6 is 27.3 Å². The maximum Gasteiger partial charge on any atom is 0.238 e. The van der Waals surface area contributed by atoms with Crippen LogP contribution in [0.15, 0.2) is 39.0 Å². The minimum absolute atomic E-state index is 0.0709. The second-order valence-electron chi connectivity index (χ2n) is 3.92. The Balaban J connectivity index is 2.22. The molecule has 20 heavy (non-hydrogen) atoms. The van der Waals surface area contributed by atoms with Gasteiger partial charge < -0.3 is 5.32 Å². The number of anilines is 1. The molecule has 8 heteroatoms. The van der Waals surface area contributed by atoms with Gasteiger partial charge in [-0.05, 0) is 46.3 Å². The Kier molecular flexibility index (Phi) is 4.45. The van der Waals surface area contributed by atoms with E-state index in [2.05, 4.69) is 21.2 Å². The fraction of sp³-hybridized carbons (Fsp3) is 0.0833. The Morgan fingerprint density at radius 3 is 2.65 bits per heavy atom. The third kappa shape index (κ3) is 3.58. The van der Waals surface area contributed by atoms with Crippen LogP contribution in [0.2, 0.25) is 0 Å². The number of nitrogens with zero attached hydrogens (tertiary/aromatic N) is 1. The van der Waals surface area contributed by atoms with Crippen molar-refractivity contribution in [3.63, 3.8) is 0 Å². The number of thiophene rings is 1. The van der Waals surface area contributed by atoms with Crippen LogP contribution in [0.1, 0.15) is 10.4 Å². The molecule has 1 aromatic carbocycles. The molecular formula is C12H10BrN3O2S2. The zero-order chi connectivity index (χ0) is 14.8. The SMILES string of the molecule is N#Cc1cc(S(N)(=O)=O)ccc1NCc1ccc(Br)s1. The van der Waals surface area contributed by atoms with E-state index in [1.54, 1.807) is 17.4 Å². The zero-order valence-corrected chi connectivity index (χ0v) is 13.3. The molecule has 0 saturated heterocycles. The number of nitriles is 1. The molecule has 0 saturated carbocycles. The van der Waals surface area contributed by atoms with Crippen LogP contribution in [-0.4, -0.2) is 8.42 Å². The van der Waals surface area contributed by atoms with Crippen molar-refractivity contribution in [1.82, 2.24) is 0 Å². The molecule has 0 radical (unpaired) electrons. The van der Waals surface area contributed by atoms with Gasteiger partial charge in [0.15, 0.2) is 0 Å². The molecular weight excluding hydrogens is 362 g/mol. The van der Waals surface area contributed by atoms with Gasteiger partial charge in [-0.3, -0.25) is 0 Å². The predicted molar refractivity (Wildman–Crippen MR) is 81.9 cm³/mol. The Morgan fingerprint density at radius 2 is 2.10 bits per heavy atom. The average Bonchev–Trinajstić information content (AvgIpc) is 2.81. The van der Waals surface area contributed by atoms with E-state index in [1.807, 2.05) is 18.2 Å². The highest BCUT2D eigenvalue weighted by atomic mass is 79.9. The van der Waals surface area contributed by atoms with Crippen molar-refractivity contribution < 1.29 is 8.42 Å². The van der Waals surface area contributed by atoms with E-state index in [4.69, 9.17) is 10.4 Å². The van der Waals surface area contributed by atoms with Gasteiger partial charge in [0.25, 0.3) is 0 Å². The van der Waals surface area contributed by atoms with Gasteiger partial charge in [0.2, 0.25) is 10.0 Å². The Labute approximate surface area is 129 Å². The number of rotatable bonds is 4. The molecule has 0 bridgehead atoms. The molecule has 0 aliphatic heterocycles. The number of primary sulfonamides is 1. The number of hydrogen-bond donors (Lipinski definition) is 2. The molecule has 5 nitrogen and oxygen atoms in total. The molecule has 0 atom stereocenters. The third-order valence-electron chi connectivity index (χ3n) is 2.52. The van der Waals surface area contributed by atoms with Crippen molar-refractivity contribution in [2.24, 2.45) is 5.14 Å². The maximum atomic E-state index is 11.2. The summed E-state index contributed by atoms with van der Waals surface area (Å²) in [7, 11) is -3.80. The molecule has 0 aliphatic carbocycles. The van der Waals surface area contributed by atoms with E-state index in [-0.39, 0.29) is 10.5 Å². The molecule has 0 spiro atoms. The maximum absolute atomic E-state index is 11.2. The summed E-state index contributed by atoms with van der Waals surface area (Å²) in [6, 6.07) is 10.1. The zero-order valence-electron chi connectivity index (χ0n) is 10.1. The first-order chi connectivity index (χ1) is 9.40. The summed E-state index contributed by atoms with van der Waals surface area (Å²) in [4.78, 5) is 1.02. The molecule has 1 aromatic heterocycles. The minimum atomic E-state index is -3.80. The van der Waals surface area contributed by atoms with E-state index in [9.17, 15) is 8.42 Å². The Bertz CT molecular complexity index is 778. The topological polar surface area (TPSA) is 96.0 Å². The second kappa shape index (κ2) is 5.93. The van der Waals surface area contributed by atoms with Gasteiger partial charge in [0, 0.05) is 11.4 Å². The number of hydrogen-bond acceptors (Lipinski definition) is 5.